The Bertz CT molecular complexity index is 242. The van der Waals surface area contributed by atoms with Crippen molar-refractivity contribution in [3.63, 3.8) is 0 Å². The summed E-state index contributed by atoms with van der Waals surface area (Å²) in [4.78, 5) is 17.8. The largest absolute Gasteiger partial charge is 0.331 e. The third kappa shape index (κ3) is 5.35. The second kappa shape index (κ2) is 7.12. The van der Waals surface area contributed by atoms with Gasteiger partial charge in [-0.15, -0.1) is 0 Å². The maximum atomic E-state index is 11.1. The maximum absolute atomic E-state index is 11.1. The zero-order valence-electron chi connectivity index (χ0n) is 9.29. The number of nitrogens with one attached hydrogen (secondary N) is 2. The van der Waals surface area contributed by atoms with Crippen LogP contribution in [0.4, 0.5) is 5.95 Å². The van der Waals surface area contributed by atoms with Crippen LogP contribution in [0.1, 0.15) is 34.1 Å². The number of carbonyl (C=O) groups is 1. The van der Waals surface area contributed by atoms with E-state index in [1.165, 1.54) is 0 Å². The van der Waals surface area contributed by atoms with Crippen molar-refractivity contribution < 1.29 is 4.79 Å². The second-order valence-electron chi connectivity index (χ2n) is 3.08. The van der Waals surface area contributed by atoms with Crippen LogP contribution in [0.15, 0.2) is 12.4 Å². The summed E-state index contributed by atoms with van der Waals surface area (Å²) >= 11 is 0. The lowest BCUT2D eigenvalue weighted by Gasteiger charge is -2.03. The predicted octanol–water partition coefficient (Wildman–Crippen LogP) is 2.42. The Morgan fingerprint density at radius 3 is 2.64 bits per heavy atom. The number of anilines is 1. The first kappa shape index (κ1) is 12.7. The van der Waals surface area contributed by atoms with Gasteiger partial charge in [-0.2, -0.15) is 0 Å². The van der Waals surface area contributed by atoms with Gasteiger partial charge in [-0.3, -0.25) is 10.1 Å². The molecule has 0 fully saturated rings. The summed E-state index contributed by atoms with van der Waals surface area (Å²) in [5, 5.41) is 2.65. The number of rotatable bonds is 3. The predicted molar refractivity (Wildman–Crippen MR) is 58.0 cm³/mol. The topological polar surface area (TPSA) is 57.8 Å². The SMILES string of the molecule is CC.CC(C)CC(=O)Nc1ncc[nH]1. The third-order valence-corrected chi connectivity index (χ3v) is 1.35. The molecule has 0 unspecified atom stereocenters. The summed E-state index contributed by atoms with van der Waals surface area (Å²) in [6.45, 7) is 8.00. The fourth-order valence-corrected chi connectivity index (χ4v) is 0.888. The molecule has 1 aromatic heterocycles. The van der Waals surface area contributed by atoms with Gasteiger partial charge in [-0.1, -0.05) is 27.7 Å². The summed E-state index contributed by atoms with van der Waals surface area (Å²) < 4.78 is 0. The number of carbonyl (C=O) groups excluding carboxylic acids is 1. The highest BCUT2D eigenvalue weighted by molar-refractivity contribution is 5.88. The normalized spacial score (nSPS) is 9.21. The van der Waals surface area contributed by atoms with Crippen molar-refractivity contribution in [1.82, 2.24) is 9.97 Å². The van der Waals surface area contributed by atoms with Gasteiger partial charge in [0.05, 0.1) is 0 Å². The Labute approximate surface area is 85.1 Å². The van der Waals surface area contributed by atoms with Crippen molar-refractivity contribution in [3.05, 3.63) is 12.4 Å². The lowest BCUT2D eigenvalue weighted by Crippen LogP contribution is -2.14. The molecular weight excluding hydrogens is 178 g/mol. The first-order valence-electron chi connectivity index (χ1n) is 4.97. The Morgan fingerprint density at radius 2 is 2.21 bits per heavy atom. The minimum atomic E-state index is -0.0000463. The number of hydrogen-bond acceptors (Lipinski definition) is 2. The van der Waals surface area contributed by atoms with Gasteiger partial charge >= 0.3 is 0 Å². The van der Waals surface area contributed by atoms with Crippen molar-refractivity contribution in [2.75, 3.05) is 5.32 Å². The summed E-state index contributed by atoms with van der Waals surface area (Å²) in [7, 11) is 0. The van der Waals surface area contributed by atoms with Gasteiger partial charge < -0.3 is 4.98 Å². The molecule has 0 saturated carbocycles. The van der Waals surface area contributed by atoms with E-state index in [4.69, 9.17) is 0 Å². The van der Waals surface area contributed by atoms with Crippen LogP contribution >= 0.6 is 0 Å². The average Bonchev–Trinajstić information content (AvgIpc) is 2.59. The monoisotopic (exact) mass is 197 g/mol. The maximum Gasteiger partial charge on any atom is 0.226 e. The van der Waals surface area contributed by atoms with Gasteiger partial charge in [0.2, 0.25) is 11.9 Å². The van der Waals surface area contributed by atoms with Gasteiger partial charge in [0, 0.05) is 18.8 Å². The van der Waals surface area contributed by atoms with E-state index >= 15 is 0 Å². The minimum Gasteiger partial charge on any atom is -0.331 e. The number of aromatic nitrogens is 2. The number of nitrogens with zero attached hydrogens (tertiary/aromatic N) is 1. The molecule has 0 radical (unpaired) electrons. The van der Waals surface area contributed by atoms with Gasteiger partial charge in [0.15, 0.2) is 0 Å². The first-order chi connectivity index (χ1) is 6.68. The molecule has 0 aliphatic heterocycles. The Morgan fingerprint density at radius 1 is 1.57 bits per heavy atom. The molecule has 0 aromatic carbocycles. The molecule has 80 valence electrons. The van der Waals surface area contributed by atoms with Crippen LogP contribution in [0.2, 0.25) is 0 Å². The van der Waals surface area contributed by atoms with E-state index in [9.17, 15) is 4.79 Å². The summed E-state index contributed by atoms with van der Waals surface area (Å²) in [6.07, 6.45) is 3.80. The van der Waals surface area contributed by atoms with Gasteiger partial charge in [-0.05, 0) is 5.92 Å². The number of amides is 1. The standard InChI is InChI=1S/C8H13N3O.C2H6/c1-6(2)5-7(12)11-8-9-3-4-10-8;1-2/h3-4,6H,5H2,1-2H3,(H2,9,10,11,12);1-2H3. The summed E-state index contributed by atoms with van der Waals surface area (Å²) in [6, 6.07) is 0. The van der Waals surface area contributed by atoms with Crippen molar-refractivity contribution in [3.8, 4) is 0 Å². The molecule has 1 rings (SSSR count). The van der Waals surface area contributed by atoms with Crippen molar-refractivity contribution in [1.29, 1.82) is 0 Å². The Balaban J connectivity index is 0.000000791. The molecule has 0 saturated heterocycles. The van der Waals surface area contributed by atoms with Crippen LogP contribution in [0.25, 0.3) is 0 Å². The number of H-pyrrole nitrogens is 1. The number of aromatic amines is 1. The van der Waals surface area contributed by atoms with Gasteiger partial charge in [0.25, 0.3) is 0 Å². The highest BCUT2D eigenvalue weighted by atomic mass is 16.1. The van der Waals surface area contributed by atoms with Crippen LogP contribution in [-0.4, -0.2) is 15.9 Å². The van der Waals surface area contributed by atoms with Gasteiger partial charge in [-0.25, -0.2) is 4.98 Å². The lowest BCUT2D eigenvalue weighted by molar-refractivity contribution is -0.116. The molecule has 0 atom stereocenters. The van der Waals surface area contributed by atoms with Crippen LogP contribution in [-0.2, 0) is 4.79 Å². The highest BCUT2D eigenvalue weighted by Gasteiger charge is 2.05. The molecule has 0 spiro atoms. The first-order valence-corrected chi connectivity index (χ1v) is 4.97. The smallest absolute Gasteiger partial charge is 0.226 e. The fourth-order valence-electron chi connectivity index (χ4n) is 0.888. The Hall–Kier alpha value is -1.32. The highest BCUT2D eigenvalue weighted by Crippen LogP contribution is 2.02. The lowest BCUT2D eigenvalue weighted by atomic mass is 10.1. The molecule has 1 amide bonds. The van der Waals surface area contributed by atoms with E-state index < -0.39 is 0 Å². The van der Waals surface area contributed by atoms with E-state index in [1.807, 2.05) is 27.7 Å². The van der Waals surface area contributed by atoms with Gasteiger partial charge in [0.1, 0.15) is 0 Å². The fraction of sp³-hybridized carbons (Fsp3) is 0.600. The molecule has 4 nitrogen and oxygen atoms in total. The molecule has 0 aliphatic rings. The quantitative estimate of drug-likeness (QED) is 0.781. The second-order valence-corrected chi connectivity index (χ2v) is 3.08. The zero-order valence-corrected chi connectivity index (χ0v) is 9.29. The molecule has 0 aliphatic carbocycles. The third-order valence-electron chi connectivity index (χ3n) is 1.35. The molecule has 4 heteroatoms. The van der Waals surface area contributed by atoms with E-state index in [2.05, 4.69) is 15.3 Å². The minimum absolute atomic E-state index is 0.0000463. The summed E-state index contributed by atoms with van der Waals surface area (Å²) in [5.41, 5.74) is 0. The zero-order chi connectivity index (χ0) is 11.0. The van der Waals surface area contributed by atoms with E-state index in [0.29, 0.717) is 18.3 Å². The van der Waals surface area contributed by atoms with Crippen LogP contribution in [0.5, 0.6) is 0 Å². The van der Waals surface area contributed by atoms with Crippen LogP contribution in [0, 0.1) is 5.92 Å². The van der Waals surface area contributed by atoms with Crippen molar-refractivity contribution in [2.24, 2.45) is 5.92 Å². The molecular formula is C10H19N3O. The van der Waals surface area contributed by atoms with E-state index in [-0.39, 0.29) is 5.91 Å². The average molecular weight is 197 g/mol. The van der Waals surface area contributed by atoms with Crippen molar-refractivity contribution in [2.45, 2.75) is 34.1 Å². The molecule has 1 aromatic rings. The molecule has 0 bridgehead atoms. The Kier molecular flexibility index (Phi) is 6.45. The van der Waals surface area contributed by atoms with Crippen LogP contribution in [0.3, 0.4) is 0 Å². The molecule has 14 heavy (non-hydrogen) atoms. The van der Waals surface area contributed by atoms with Crippen molar-refractivity contribution >= 4 is 11.9 Å². The van der Waals surface area contributed by atoms with Crippen LogP contribution < -0.4 is 5.32 Å². The van der Waals surface area contributed by atoms with E-state index in [0.717, 1.165) is 0 Å². The molecule has 2 N–H and O–H groups in total. The summed E-state index contributed by atoms with van der Waals surface area (Å²) in [5.74, 6) is 0.889. The molecule has 1 heterocycles. The number of hydrogen-bond donors (Lipinski definition) is 2. The number of imidazole rings is 1. The van der Waals surface area contributed by atoms with E-state index in [1.54, 1.807) is 12.4 Å².